The predicted octanol–water partition coefficient (Wildman–Crippen LogP) is -0.147. The summed E-state index contributed by atoms with van der Waals surface area (Å²) >= 11 is 0. The average molecular weight is 262 g/mol. The second kappa shape index (κ2) is 5.46. The SMILES string of the molecule is COS(=O)(=O)Cc1cc(CO)c(O)c(CO)c1. The molecule has 0 aliphatic rings. The van der Waals surface area contributed by atoms with Crippen molar-refractivity contribution in [3.8, 4) is 5.75 Å². The molecule has 7 heteroatoms. The largest absolute Gasteiger partial charge is 0.507 e. The topological polar surface area (TPSA) is 104 Å². The van der Waals surface area contributed by atoms with Gasteiger partial charge in [0.2, 0.25) is 0 Å². The molecule has 0 bridgehead atoms. The third-order valence-corrected chi connectivity index (χ3v) is 3.46. The van der Waals surface area contributed by atoms with Gasteiger partial charge in [-0.3, -0.25) is 4.18 Å². The Morgan fingerprint density at radius 1 is 1.18 bits per heavy atom. The molecule has 0 aliphatic carbocycles. The highest BCUT2D eigenvalue weighted by Gasteiger charge is 2.14. The van der Waals surface area contributed by atoms with Crippen molar-refractivity contribution in [2.24, 2.45) is 0 Å². The van der Waals surface area contributed by atoms with Crippen LogP contribution < -0.4 is 0 Å². The maximum atomic E-state index is 11.2. The van der Waals surface area contributed by atoms with Gasteiger partial charge in [0.15, 0.2) is 0 Å². The first-order valence-corrected chi connectivity index (χ1v) is 6.35. The summed E-state index contributed by atoms with van der Waals surface area (Å²) in [5.74, 6) is -0.613. The van der Waals surface area contributed by atoms with Gasteiger partial charge < -0.3 is 15.3 Å². The number of rotatable bonds is 5. The first kappa shape index (κ1) is 13.9. The number of aromatic hydroxyl groups is 1. The third kappa shape index (κ3) is 3.40. The number of hydrogen-bond donors (Lipinski definition) is 3. The molecule has 0 aliphatic heterocycles. The minimum atomic E-state index is -3.68. The van der Waals surface area contributed by atoms with E-state index in [-0.39, 0.29) is 22.6 Å². The fourth-order valence-electron chi connectivity index (χ4n) is 1.42. The molecule has 1 aromatic carbocycles. The Labute approximate surface area is 99.2 Å². The molecule has 1 aromatic rings. The van der Waals surface area contributed by atoms with E-state index >= 15 is 0 Å². The van der Waals surface area contributed by atoms with Crippen molar-refractivity contribution in [1.82, 2.24) is 0 Å². The number of phenols is 1. The zero-order chi connectivity index (χ0) is 13.1. The van der Waals surface area contributed by atoms with Crippen LogP contribution in [0, 0.1) is 0 Å². The molecule has 0 unspecified atom stereocenters. The van der Waals surface area contributed by atoms with Crippen molar-refractivity contribution in [3.05, 3.63) is 28.8 Å². The van der Waals surface area contributed by atoms with Gasteiger partial charge in [-0.1, -0.05) is 0 Å². The third-order valence-electron chi connectivity index (χ3n) is 2.27. The van der Waals surface area contributed by atoms with Crippen LogP contribution in [0.1, 0.15) is 16.7 Å². The molecule has 0 aromatic heterocycles. The number of aliphatic hydroxyl groups is 2. The lowest BCUT2D eigenvalue weighted by molar-refractivity contribution is 0.263. The normalized spacial score (nSPS) is 11.7. The molecule has 17 heavy (non-hydrogen) atoms. The summed E-state index contributed by atoms with van der Waals surface area (Å²) in [6.07, 6.45) is 0. The highest BCUT2D eigenvalue weighted by Crippen LogP contribution is 2.25. The van der Waals surface area contributed by atoms with Gasteiger partial charge in [-0.25, -0.2) is 0 Å². The summed E-state index contributed by atoms with van der Waals surface area (Å²) in [4.78, 5) is 0. The molecule has 0 fully saturated rings. The Balaban J connectivity index is 3.18. The lowest BCUT2D eigenvalue weighted by Crippen LogP contribution is -2.07. The molecule has 1 rings (SSSR count). The van der Waals surface area contributed by atoms with E-state index in [1.165, 1.54) is 12.1 Å². The smallest absolute Gasteiger partial charge is 0.271 e. The number of benzene rings is 1. The van der Waals surface area contributed by atoms with Crippen LogP contribution in [0.4, 0.5) is 0 Å². The number of aliphatic hydroxyl groups excluding tert-OH is 2. The van der Waals surface area contributed by atoms with Crippen LogP contribution >= 0.6 is 0 Å². The molecule has 0 spiro atoms. The molecule has 0 saturated carbocycles. The van der Waals surface area contributed by atoms with Crippen LogP contribution in [0.15, 0.2) is 12.1 Å². The Morgan fingerprint density at radius 3 is 2.00 bits per heavy atom. The van der Waals surface area contributed by atoms with Crippen LogP contribution in [0.25, 0.3) is 0 Å². The van der Waals surface area contributed by atoms with Crippen molar-refractivity contribution in [1.29, 1.82) is 0 Å². The van der Waals surface area contributed by atoms with E-state index < -0.39 is 23.3 Å². The fourth-order valence-corrected chi connectivity index (χ4v) is 2.11. The highest BCUT2D eigenvalue weighted by molar-refractivity contribution is 7.85. The molecule has 0 heterocycles. The minimum absolute atomic E-state index is 0.165. The Morgan fingerprint density at radius 2 is 1.65 bits per heavy atom. The minimum Gasteiger partial charge on any atom is -0.507 e. The second-order valence-electron chi connectivity index (χ2n) is 3.45. The highest BCUT2D eigenvalue weighted by atomic mass is 32.2. The summed E-state index contributed by atoms with van der Waals surface area (Å²) < 4.78 is 26.8. The quantitative estimate of drug-likeness (QED) is 0.638. The standard InChI is InChI=1S/C10H14O6S/c1-16-17(14,15)6-7-2-8(4-11)10(13)9(3-7)5-12/h2-3,11-13H,4-6H2,1H3. The Hall–Kier alpha value is -1.15. The van der Waals surface area contributed by atoms with E-state index in [2.05, 4.69) is 4.18 Å². The van der Waals surface area contributed by atoms with Gasteiger partial charge in [0.25, 0.3) is 10.1 Å². The van der Waals surface area contributed by atoms with E-state index in [0.29, 0.717) is 5.56 Å². The molecule has 0 amide bonds. The molecule has 0 saturated heterocycles. The summed E-state index contributed by atoms with van der Waals surface area (Å²) in [6, 6.07) is 2.70. The monoisotopic (exact) mass is 262 g/mol. The molecule has 0 radical (unpaired) electrons. The van der Waals surface area contributed by atoms with Crippen molar-refractivity contribution < 1.29 is 27.9 Å². The van der Waals surface area contributed by atoms with Crippen LogP contribution in [0.5, 0.6) is 5.75 Å². The average Bonchev–Trinajstić information content (AvgIpc) is 2.30. The lowest BCUT2D eigenvalue weighted by Gasteiger charge is -2.10. The predicted molar refractivity (Wildman–Crippen MR) is 59.6 cm³/mol. The molecular formula is C10H14O6S. The van der Waals surface area contributed by atoms with Gasteiger partial charge in [0.05, 0.1) is 20.3 Å². The van der Waals surface area contributed by atoms with Gasteiger partial charge in [0.1, 0.15) is 11.5 Å². The molecule has 3 N–H and O–H groups in total. The second-order valence-corrected chi connectivity index (χ2v) is 5.18. The molecular weight excluding hydrogens is 248 g/mol. The van der Waals surface area contributed by atoms with E-state index in [0.717, 1.165) is 7.11 Å². The van der Waals surface area contributed by atoms with Crippen molar-refractivity contribution in [3.63, 3.8) is 0 Å². The van der Waals surface area contributed by atoms with Gasteiger partial charge in [-0.15, -0.1) is 0 Å². The number of hydrogen-bond acceptors (Lipinski definition) is 6. The maximum Gasteiger partial charge on any atom is 0.271 e. The van der Waals surface area contributed by atoms with E-state index in [9.17, 15) is 13.5 Å². The Kier molecular flexibility index (Phi) is 4.47. The van der Waals surface area contributed by atoms with Gasteiger partial charge in [-0.2, -0.15) is 8.42 Å². The van der Waals surface area contributed by atoms with Crippen LogP contribution in [-0.4, -0.2) is 30.8 Å². The van der Waals surface area contributed by atoms with Crippen LogP contribution in [0.3, 0.4) is 0 Å². The molecule has 96 valence electrons. The first-order valence-electron chi connectivity index (χ1n) is 4.77. The van der Waals surface area contributed by atoms with Crippen LogP contribution in [-0.2, 0) is 33.3 Å². The Bertz CT molecular complexity index is 469. The summed E-state index contributed by atoms with van der Waals surface area (Å²) in [5, 5.41) is 27.6. The van der Waals surface area contributed by atoms with Crippen molar-refractivity contribution in [2.45, 2.75) is 19.0 Å². The van der Waals surface area contributed by atoms with Gasteiger partial charge in [-0.05, 0) is 17.7 Å². The van der Waals surface area contributed by atoms with Crippen LogP contribution in [0.2, 0.25) is 0 Å². The summed E-state index contributed by atoms with van der Waals surface area (Å²) in [7, 11) is -2.63. The van der Waals surface area contributed by atoms with Gasteiger partial charge >= 0.3 is 0 Å². The van der Waals surface area contributed by atoms with E-state index in [1.807, 2.05) is 0 Å². The van der Waals surface area contributed by atoms with Crippen molar-refractivity contribution in [2.75, 3.05) is 7.11 Å². The fraction of sp³-hybridized carbons (Fsp3) is 0.400. The molecule has 6 nitrogen and oxygen atoms in total. The summed E-state index contributed by atoms with van der Waals surface area (Å²) in [6.45, 7) is -0.889. The van der Waals surface area contributed by atoms with E-state index in [4.69, 9.17) is 10.2 Å². The zero-order valence-electron chi connectivity index (χ0n) is 9.25. The van der Waals surface area contributed by atoms with Gasteiger partial charge in [0, 0.05) is 11.1 Å². The lowest BCUT2D eigenvalue weighted by atomic mass is 10.1. The maximum absolute atomic E-state index is 11.2. The summed E-state index contributed by atoms with van der Waals surface area (Å²) in [5.41, 5.74) is 0.661. The van der Waals surface area contributed by atoms with Crippen molar-refractivity contribution >= 4 is 10.1 Å². The molecule has 0 atom stereocenters. The van der Waals surface area contributed by atoms with E-state index in [1.54, 1.807) is 0 Å². The zero-order valence-corrected chi connectivity index (χ0v) is 10.1. The first-order chi connectivity index (χ1) is 7.93.